The molecule has 0 saturated carbocycles. The molecule has 2 aliphatic heterocycles. The van der Waals surface area contributed by atoms with E-state index in [1.54, 1.807) is 29.2 Å². The average molecular weight is 446 g/mol. The van der Waals surface area contributed by atoms with Gasteiger partial charge in [-0.05, 0) is 30.3 Å². The number of aromatic nitrogens is 2. The highest BCUT2D eigenvalue weighted by atomic mass is 32.2. The van der Waals surface area contributed by atoms with E-state index in [9.17, 15) is 12.8 Å². The monoisotopic (exact) mass is 446 g/mol. The van der Waals surface area contributed by atoms with Crippen LogP contribution in [0, 0.1) is 5.82 Å². The van der Waals surface area contributed by atoms with Crippen molar-refractivity contribution in [2.45, 2.75) is 23.2 Å². The molecule has 2 aliphatic rings. The third-order valence-electron chi connectivity index (χ3n) is 5.82. The summed E-state index contributed by atoms with van der Waals surface area (Å²) in [7, 11) is -3.91. The van der Waals surface area contributed by atoms with Crippen molar-refractivity contribution in [3.63, 3.8) is 0 Å². The SMILES string of the molecule is O=S(=O)(c1ccccc1)N1CCOC12CCN(c1ncc3cc(F)ccc3n1)CC2F. The summed E-state index contributed by atoms with van der Waals surface area (Å²) in [6.07, 6.45) is 0.0245. The second kappa shape index (κ2) is 7.47. The summed E-state index contributed by atoms with van der Waals surface area (Å²) in [6, 6.07) is 12.2. The maximum atomic E-state index is 15.6. The summed E-state index contributed by atoms with van der Waals surface area (Å²) in [5.41, 5.74) is -1.00. The van der Waals surface area contributed by atoms with Gasteiger partial charge in [-0.25, -0.2) is 27.2 Å². The normalized spacial score (nSPS) is 24.8. The maximum absolute atomic E-state index is 15.6. The number of rotatable bonds is 3. The van der Waals surface area contributed by atoms with Crippen molar-refractivity contribution >= 4 is 26.9 Å². The molecule has 3 aromatic rings. The topological polar surface area (TPSA) is 75.6 Å². The lowest BCUT2D eigenvalue weighted by atomic mass is 9.99. The minimum atomic E-state index is -3.91. The van der Waals surface area contributed by atoms with Crippen LogP contribution in [-0.2, 0) is 14.8 Å². The molecule has 7 nitrogen and oxygen atoms in total. The van der Waals surface area contributed by atoms with Gasteiger partial charge in [-0.2, -0.15) is 4.31 Å². The van der Waals surface area contributed by atoms with E-state index < -0.39 is 21.9 Å². The van der Waals surface area contributed by atoms with E-state index in [0.717, 1.165) is 4.31 Å². The molecule has 2 saturated heterocycles. The van der Waals surface area contributed by atoms with Gasteiger partial charge in [-0.1, -0.05) is 18.2 Å². The highest BCUT2D eigenvalue weighted by Gasteiger charge is 2.57. The van der Waals surface area contributed by atoms with E-state index in [4.69, 9.17) is 4.74 Å². The third kappa shape index (κ3) is 3.35. The van der Waals surface area contributed by atoms with Crippen molar-refractivity contribution in [2.75, 3.05) is 31.1 Å². The van der Waals surface area contributed by atoms with Crippen LogP contribution in [0.15, 0.2) is 59.6 Å². The molecule has 5 rings (SSSR count). The number of nitrogens with zero attached hydrogens (tertiary/aromatic N) is 4. The predicted molar refractivity (Wildman–Crippen MR) is 110 cm³/mol. The molecule has 1 aromatic heterocycles. The second-order valence-corrected chi connectivity index (χ2v) is 9.48. The van der Waals surface area contributed by atoms with Gasteiger partial charge in [0.25, 0.3) is 0 Å². The van der Waals surface area contributed by atoms with Gasteiger partial charge in [0, 0.05) is 31.1 Å². The van der Waals surface area contributed by atoms with Crippen LogP contribution in [0.3, 0.4) is 0 Å². The van der Waals surface area contributed by atoms with Gasteiger partial charge >= 0.3 is 0 Å². The Labute approximate surface area is 178 Å². The Hall–Kier alpha value is -2.69. The molecule has 10 heteroatoms. The van der Waals surface area contributed by atoms with Crippen LogP contribution in [0.4, 0.5) is 14.7 Å². The highest BCUT2D eigenvalue weighted by Crippen LogP contribution is 2.40. The number of benzene rings is 2. The van der Waals surface area contributed by atoms with E-state index in [0.29, 0.717) is 23.4 Å². The summed E-state index contributed by atoms with van der Waals surface area (Å²) < 4.78 is 62.2. The number of piperidine rings is 1. The lowest BCUT2D eigenvalue weighted by Gasteiger charge is -2.44. The van der Waals surface area contributed by atoms with E-state index in [1.807, 2.05) is 0 Å². The quantitative estimate of drug-likeness (QED) is 0.616. The van der Waals surface area contributed by atoms with Gasteiger partial charge < -0.3 is 9.64 Å². The number of sulfonamides is 1. The average Bonchev–Trinajstić information content (AvgIpc) is 3.21. The molecule has 1 spiro atoms. The Morgan fingerprint density at radius 1 is 1.13 bits per heavy atom. The molecule has 2 atom stereocenters. The van der Waals surface area contributed by atoms with Gasteiger partial charge in [-0.15, -0.1) is 0 Å². The zero-order valence-electron chi connectivity index (χ0n) is 16.5. The largest absolute Gasteiger partial charge is 0.355 e. The number of hydrogen-bond donors (Lipinski definition) is 0. The van der Waals surface area contributed by atoms with Crippen LogP contribution in [0.1, 0.15) is 6.42 Å². The van der Waals surface area contributed by atoms with E-state index in [1.165, 1.54) is 30.5 Å². The van der Waals surface area contributed by atoms with Gasteiger partial charge in [0.1, 0.15) is 5.82 Å². The summed E-state index contributed by atoms with van der Waals surface area (Å²) in [4.78, 5) is 10.4. The van der Waals surface area contributed by atoms with Crippen molar-refractivity contribution in [1.29, 1.82) is 0 Å². The minimum Gasteiger partial charge on any atom is -0.355 e. The van der Waals surface area contributed by atoms with Crippen LogP contribution in [0.5, 0.6) is 0 Å². The van der Waals surface area contributed by atoms with E-state index in [2.05, 4.69) is 9.97 Å². The summed E-state index contributed by atoms with van der Waals surface area (Å²) in [6.45, 7) is 0.418. The number of fused-ring (bicyclic) bond motifs is 1. The fraction of sp³-hybridized carbons (Fsp3) is 0.333. The Kier molecular flexibility index (Phi) is 4.87. The Bertz CT molecular complexity index is 1230. The van der Waals surface area contributed by atoms with Gasteiger partial charge in [0.15, 0.2) is 11.9 Å². The van der Waals surface area contributed by atoms with Gasteiger partial charge in [0.05, 0.1) is 23.6 Å². The second-order valence-electron chi connectivity index (χ2n) is 7.62. The zero-order chi connectivity index (χ0) is 21.6. The van der Waals surface area contributed by atoms with Crippen molar-refractivity contribution < 1.29 is 21.9 Å². The van der Waals surface area contributed by atoms with Crippen LogP contribution in [0.2, 0.25) is 0 Å². The Morgan fingerprint density at radius 2 is 1.94 bits per heavy atom. The Morgan fingerprint density at radius 3 is 2.71 bits per heavy atom. The van der Waals surface area contributed by atoms with Gasteiger partial charge in [-0.3, -0.25) is 0 Å². The summed E-state index contributed by atoms with van der Waals surface area (Å²) in [5.74, 6) is -0.0715. The smallest absolute Gasteiger partial charge is 0.245 e. The lowest BCUT2D eigenvalue weighted by molar-refractivity contribution is -0.116. The molecule has 0 amide bonds. The number of hydrogen-bond acceptors (Lipinski definition) is 6. The molecule has 2 fully saturated rings. The van der Waals surface area contributed by atoms with Crippen LogP contribution in [-0.4, -0.2) is 60.8 Å². The summed E-state index contributed by atoms with van der Waals surface area (Å²) in [5, 5.41) is 0.549. The van der Waals surface area contributed by atoms with Crippen LogP contribution >= 0.6 is 0 Å². The first-order valence-electron chi connectivity index (χ1n) is 9.93. The molecule has 3 heterocycles. The third-order valence-corrected chi connectivity index (χ3v) is 7.76. The predicted octanol–water partition coefficient (Wildman–Crippen LogP) is 2.73. The standard InChI is InChI=1S/C21H20F2N4O3S/c22-16-6-7-18-15(12-16)13-24-20(25-18)26-9-8-21(19(23)14-26)27(10-11-30-21)31(28,29)17-4-2-1-3-5-17/h1-7,12-13,19H,8-11,14H2. The number of halogens is 2. The minimum absolute atomic E-state index is 0.0929. The van der Waals surface area contributed by atoms with Crippen molar-refractivity contribution in [3.8, 4) is 0 Å². The molecule has 2 unspecified atom stereocenters. The number of ether oxygens (including phenoxy) is 1. The molecule has 31 heavy (non-hydrogen) atoms. The van der Waals surface area contributed by atoms with Crippen molar-refractivity contribution in [1.82, 2.24) is 14.3 Å². The van der Waals surface area contributed by atoms with E-state index in [-0.39, 0.29) is 36.8 Å². The maximum Gasteiger partial charge on any atom is 0.245 e. The molecule has 0 aliphatic carbocycles. The zero-order valence-corrected chi connectivity index (χ0v) is 17.3. The van der Waals surface area contributed by atoms with Crippen molar-refractivity contribution in [2.24, 2.45) is 0 Å². The van der Waals surface area contributed by atoms with Crippen LogP contribution in [0.25, 0.3) is 10.9 Å². The molecular weight excluding hydrogens is 426 g/mol. The molecular formula is C21H20F2N4O3S. The molecule has 0 radical (unpaired) electrons. The molecule has 162 valence electrons. The number of alkyl halides is 1. The molecule has 0 N–H and O–H groups in total. The Balaban J connectivity index is 1.42. The first-order chi connectivity index (χ1) is 14.9. The highest BCUT2D eigenvalue weighted by molar-refractivity contribution is 7.89. The van der Waals surface area contributed by atoms with Gasteiger partial charge in [0.2, 0.25) is 16.0 Å². The first kappa shape index (κ1) is 20.2. The fourth-order valence-corrected chi connectivity index (χ4v) is 6.00. The first-order valence-corrected chi connectivity index (χ1v) is 11.4. The number of anilines is 1. The molecule has 0 bridgehead atoms. The van der Waals surface area contributed by atoms with E-state index >= 15 is 4.39 Å². The molecule has 2 aromatic carbocycles. The summed E-state index contributed by atoms with van der Waals surface area (Å²) >= 11 is 0. The van der Waals surface area contributed by atoms with Crippen LogP contribution < -0.4 is 4.90 Å². The van der Waals surface area contributed by atoms with Crippen molar-refractivity contribution in [3.05, 3.63) is 60.5 Å². The fourth-order valence-electron chi connectivity index (χ4n) is 4.26. The lowest BCUT2D eigenvalue weighted by Crippen LogP contribution is -2.62.